The zero-order chi connectivity index (χ0) is 14.5. The van der Waals surface area contributed by atoms with Gasteiger partial charge in [-0.1, -0.05) is 30.5 Å². The number of ketones is 1. The largest absolute Gasteiger partial charge is 0.303 e. The van der Waals surface area contributed by atoms with Crippen molar-refractivity contribution in [3.8, 4) is 0 Å². The average molecular weight is 273 g/mol. The van der Waals surface area contributed by atoms with E-state index in [1.165, 1.54) is 43.5 Å². The van der Waals surface area contributed by atoms with E-state index in [4.69, 9.17) is 0 Å². The monoisotopic (exact) mass is 273 g/mol. The number of hydrogen-bond acceptors (Lipinski definition) is 2. The Balaban J connectivity index is 1.83. The van der Waals surface area contributed by atoms with Crippen LogP contribution in [0, 0.1) is 19.8 Å². The highest BCUT2D eigenvalue weighted by Gasteiger charge is 2.21. The predicted molar refractivity (Wildman–Crippen MR) is 84.3 cm³/mol. The first kappa shape index (κ1) is 15.2. The molecule has 2 rings (SSSR count). The quantitative estimate of drug-likeness (QED) is 0.730. The summed E-state index contributed by atoms with van der Waals surface area (Å²) in [5.41, 5.74) is 3.24. The van der Waals surface area contributed by atoms with Crippen molar-refractivity contribution >= 4 is 5.78 Å². The summed E-state index contributed by atoms with van der Waals surface area (Å²) in [7, 11) is 0. The van der Waals surface area contributed by atoms with Crippen molar-refractivity contribution < 1.29 is 4.79 Å². The standard InChI is InChI=1S/C18H27NO/c1-4-5-16-6-8-19(13-16)9-7-18(20)17-11-14(2)10-15(3)12-17/h10-12,16H,4-9,13H2,1-3H3. The Hall–Kier alpha value is -1.15. The van der Waals surface area contributed by atoms with E-state index >= 15 is 0 Å². The van der Waals surface area contributed by atoms with Crippen LogP contribution in [0.15, 0.2) is 18.2 Å². The minimum absolute atomic E-state index is 0.288. The Labute approximate surface area is 123 Å². The smallest absolute Gasteiger partial charge is 0.164 e. The molecule has 0 radical (unpaired) electrons. The van der Waals surface area contributed by atoms with Gasteiger partial charge in [0, 0.05) is 25.1 Å². The molecule has 1 fully saturated rings. The van der Waals surface area contributed by atoms with Crippen molar-refractivity contribution in [1.29, 1.82) is 0 Å². The number of carbonyl (C=O) groups is 1. The number of aryl methyl sites for hydroxylation is 2. The summed E-state index contributed by atoms with van der Waals surface area (Å²) < 4.78 is 0. The van der Waals surface area contributed by atoms with Gasteiger partial charge >= 0.3 is 0 Å². The van der Waals surface area contributed by atoms with Gasteiger partial charge in [0.05, 0.1) is 0 Å². The number of hydrogen-bond donors (Lipinski definition) is 0. The highest BCUT2D eigenvalue weighted by atomic mass is 16.1. The molecule has 1 atom stereocenters. The molecule has 0 amide bonds. The van der Waals surface area contributed by atoms with Crippen molar-refractivity contribution in [2.24, 2.45) is 5.92 Å². The van der Waals surface area contributed by atoms with Gasteiger partial charge in [0.1, 0.15) is 0 Å². The molecule has 0 spiro atoms. The molecule has 110 valence electrons. The van der Waals surface area contributed by atoms with Crippen molar-refractivity contribution in [2.45, 2.75) is 46.5 Å². The Morgan fingerprint density at radius 3 is 2.60 bits per heavy atom. The van der Waals surface area contributed by atoms with Crippen LogP contribution in [0.3, 0.4) is 0 Å². The SMILES string of the molecule is CCCC1CCN(CCC(=O)c2cc(C)cc(C)c2)C1. The fraction of sp³-hybridized carbons (Fsp3) is 0.611. The van der Waals surface area contributed by atoms with E-state index in [1.54, 1.807) is 0 Å². The molecular weight excluding hydrogens is 246 g/mol. The van der Waals surface area contributed by atoms with E-state index in [1.807, 2.05) is 12.1 Å². The molecular formula is C18H27NO. The molecule has 1 heterocycles. The lowest BCUT2D eigenvalue weighted by molar-refractivity contribution is 0.0968. The number of likely N-dealkylation sites (tertiary alicyclic amines) is 1. The summed E-state index contributed by atoms with van der Waals surface area (Å²) in [4.78, 5) is 14.7. The van der Waals surface area contributed by atoms with Gasteiger partial charge in [0.25, 0.3) is 0 Å². The van der Waals surface area contributed by atoms with Gasteiger partial charge < -0.3 is 4.90 Å². The van der Waals surface area contributed by atoms with Crippen LogP contribution in [0.1, 0.15) is 54.1 Å². The third kappa shape index (κ3) is 4.17. The van der Waals surface area contributed by atoms with Crippen LogP contribution in [0.2, 0.25) is 0 Å². The summed E-state index contributed by atoms with van der Waals surface area (Å²) in [6.45, 7) is 9.65. The van der Waals surface area contributed by atoms with Gasteiger partial charge in [-0.2, -0.15) is 0 Å². The minimum Gasteiger partial charge on any atom is -0.303 e. The van der Waals surface area contributed by atoms with Crippen LogP contribution in [0.25, 0.3) is 0 Å². The summed E-state index contributed by atoms with van der Waals surface area (Å²) in [6, 6.07) is 6.14. The molecule has 20 heavy (non-hydrogen) atoms. The number of Topliss-reactive ketones (excluding diaryl/α,β-unsaturated/α-hetero) is 1. The van der Waals surface area contributed by atoms with Crippen LogP contribution >= 0.6 is 0 Å². The highest BCUT2D eigenvalue weighted by molar-refractivity contribution is 5.96. The maximum Gasteiger partial charge on any atom is 0.164 e. The van der Waals surface area contributed by atoms with Crippen molar-refractivity contribution in [1.82, 2.24) is 4.90 Å². The Morgan fingerprint density at radius 1 is 1.25 bits per heavy atom. The third-order valence-corrected chi connectivity index (χ3v) is 4.27. The van der Waals surface area contributed by atoms with Crippen molar-refractivity contribution in [2.75, 3.05) is 19.6 Å². The fourth-order valence-electron chi connectivity index (χ4n) is 3.30. The number of carbonyl (C=O) groups excluding carboxylic acids is 1. The molecule has 1 aliphatic rings. The lowest BCUT2D eigenvalue weighted by Crippen LogP contribution is -2.24. The second-order valence-corrected chi connectivity index (χ2v) is 6.29. The summed E-state index contributed by atoms with van der Waals surface area (Å²) >= 11 is 0. The molecule has 1 aliphatic heterocycles. The normalized spacial score (nSPS) is 19.4. The number of benzene rings is 1. The van der Waals surface area contributed by atoms with Gasteiger partial charge in [0.2, 0.25) is 0 Å². The minimum atomic E-state index is 0.288. The van der Waals surface area contributed by atoms with Gasteiger partial charge in [-0.05, 0) is 51.3 Å². The molecule has 1 aromatic rings. The molecule has 0 aliphatic carbocycles. The fourth-order valence-corrected chi connectivity index (χ4v) is 3.30. The first-order valence-corrected chi connectivity index (χ1v) is 7.92. The van der Waals surface area contributed by atoms with Gasteiger partial charge in [0.15, 0.2) is 5.78 Å². The van der Waals surface area contributed by atoms with E-state index in [0.29, 0.717) is 6.42 Å². The first-order chi connectivity index (χ1) is 9.58. The molecule has 0 saturated carbocycles. The van der Waals surface area contributed by atoms with Gasteiger partial charge in [-0.15, -0.1) is 0 Å². The van der Waals surface area contributed by atoms with E-state index in [0.717, 1.165) is 18.0 Å². The third-order valence-electron chi connectivity index (χ3n) is 4.27. The topological polar surface area (TPSA) is 20.3 Å². The molecule has 2 nitrogen and oxygen atoms in total. The zero-order valence-electron chi connectivity index (χ0n) is 13.1. The van der Waals surface area contributed by atoms with E-state index in [-0.39, 0.29) is 5.78 Å². The molecule has 1 unspecified atom stereocenters. The van der Waals surface area contributed by atoms with E-state index in [2.05, 4.69) is 31.7 Å². The molecule has 0 aromatic heterocycles. The second kappa shape index (κ2) is 7.03. The number of nitrogens with zero attached hydrogens (tertiary/aromatic N) is 1. The van der Waals surface area contributed by atoms with Crippen LogP contribution in [0.4, 0.5) is 0 Å². The van der Waals surface area contributed by atoms with Crippen LogP contribution in [-0.4, -0.2) is 30.3 Å². The van der Waals surface area contributed by atoms with Crippen molar-refractivity contribution in [3.05, 3.63) is 34.9 Å². The molecule has 1 aromatic carbocycles. The van der Waals surface area contributed by atoms with Gasteiger partial charge in [-0.25, -0.2) is 0 Å². The van der Waals surface area contributed by atoms with Crippen LogP contribution in [-0.2, 0) is 0 Å². The van der Waals surface area contributed by atoms with Crippen molar-refractivity contribution in [3.63, 3.8) is 0 Å². The van der Waals surface area contributed by atoms with E-state index < -0.39 is 0 Å². The number of rotatable bonds is 6. The summed E-state index contributed by atoms with van der Waals surface area (Å²) in [6.07, 6.45) is 4.58. The maximum absolute atomic E-state index is 12.3. The Morgan fingerprint density at radius 2 is 1.95 bits per heavy atom. The molecule has 1 saturated heterocycles. The Kier molecular flexibility index (Phi) is 5.36. The average Bonchev–Trinajstić information content (AvgIpc) is 2.83. The highest BCUT2D eigenvalue weighted by Crippen LogP contribution is 2.21. The maximum atomic E-state index is 12.3. The first-order valence-electron chi connectivity index (χ1n) is 7.92. The summed E-state index contributed by atoms with van der Waals surface area (Å²) in [5, 5.41) is 0. The zero-order valence-corrected chi connectivity index (χ0v) is 13.1. The van der Waals surface area contributed by atoms with Crippen LogP contribution in [0.5, 0.6) is 0 Å². The Bertz CT molecular complexity index is 446. The molecule has 0 bridgehead atoms. The lowest BCUT2D eigenvalue weighted by atomic mass is 10.0. The summed E-state index contributed by atoms with van der Waals surface area (Å²) in [5.74, 6) is 1.15. The van der Waals surface area contributed by atoms with E-state index in [9.17, 15) is 4.79 Å². The molecule has 2 heteroatoms. The predicted octanol–water partition coefficient (Wildman–Crippen LogP) is 4.00. The lowest BCUT2D eigenvalue weighted by Gasteiger charge is -2.15. The van der Waals surface area contributed by atoms with Gasteiger partial charge in [-0.3, -0.25) is 4.79 Å². The van der Waals surface area contributed by atoms with Crippen LogP contribution < -0.4 is 0 Å². The second-order valence-electron chi connectivity index (χ2n) is 6.29. The molecule has 0 N–H and O–H groups in total.